The molecule has 1 aromatic rings. The van der Waals surface area contributed by atoms with E-state index in [1.165, 1.54) is 0 Å². The van der Waals surface area contributed by atoms with Gasteiger partial charge in [-0.2, -0.15) is 0 Å². The summed E-state index contributed by atoms with van der Waals surface area (Å²) in [5, 5.41) is 2.84. The molecule has 6 heteroatoms. The third-order valence-electron chi connectivity index (χ3n) is 4.43. The van der Waals surface area contributed by atoms with Gasteiger partial charge >= 0.3 is 12.0 Å². The Morgan fingerprint density at radius 1 is 1.35 bits per heavy atom. The number of urea groups is 1. The molecule has 1 aromatic carbocycles. The highest BCUT2D eigenvalue weighted by Crippen LogP contribution is 2.41. The van der Waals surface area contributed by atoms with Crippen LogP contribution in [-0.4, -0.2) is 36.0 Å². The van der Waals surface area contributed by atoms with Crippen LogP contribution in [0.5, 0.6) is 0 Å². The second-order valence-electron chi connectivity index (χ2n) is 5.92. The summed E-state index contributed by atoms with van der Waals surface area (Å²) in [6, 6.07) is 7.24. The number of hydrogen-bond donors (Lipinski definition) is 1. The standard InChI is InChI=1S/C17H20N2O4/c1-2-11-23-14(20)8-10-19-15(21)17(18-16(19)22)9-7-12-5-3-4-6-13(12)17/h3-6H,2,7-11H2,1H3,(H,18,22)/t17-/m1/s1. The van der Waals surface area contributed by atoms with Crippen LogP contribution in [0.3, 0.4) is 0 Å². The van der Waals surface area contributed by atoms with Crippen molar-refractivity contribution in [3.05, 3.63) is 35.4 Å². The first-order valence-electron chi connectivity index (χ1n) is 7.96. The van der Waals surface area contributed by atoms with Crippen LogP contribution in [0.4, 0.5) is 4.79 Å². The molecule has 1 aliphatic heterocycles. The summed E-state index contributed by atoms with van der Waals surface area (Å²) in [5.41, 5.74) is 1.00. The molecule has 0 bridgehead atoms. The summed E-state index contributed by atoms with van der Waals surface area (Å²) in [5.74, 6) is -0.657. The quantitative estimate of drug-likeness (QED) is 0.663. The largest absolute Gasteiger partial charge is 0.466 e. The molecular formula is C17H20N2O4. The van der Waals surface area contributed by atoms with E-state index in [9.17, 15) is 14.4 Å². The van der Waals surface area contributed by atoms with Crippen LogP contribution in [0.15, 0.2) is 24.3 Å². The Morgan fingerprint density at radius 3 is 2.91 bits per heavy atom. The average molecular weight is 316 g/mol. The molecule has 0 saturated carbocycles. The molecule has 2 aliphatic rings. The van der Waals surface area contributed by atoms with Gasteiger partial charge in [0.1, 0.15) is 5.54 Å². The van der Waals surface area contributed by atoms with Gasteiger partial charge < -0.3 is 10.1 Å². The second-order valence-corrected chi connectivity index (χ2v) is 5.92. The fraction of sp³-hybridized carbons (Fsp3) is 0.471. The lowest BCUT2D eigenvalue weighted by atomic mass is 9.92. The highest BCUT2D eigenvalue weighted by atomic mass is 16.5. The van der Waals surface area contributed by atoms with Crippen molar-refractivity contribution in [2.45, 2.75) is 38.1 Å². The van der Waals surface area contributed by atoms with Crippen LogP contribution in [-0.2, 0) is 26.3 Å². The zero-order chi connectivity index (χ0) is 16.4. The van der Waals surface area contributed by atoms with E-state index in [0.717, 1.165) is 28.9 Å². The molecule has 1 atom stereocenters. The fourth-order valence-electron chi connectivity index (χ4n) is 3.28. The lowest BCUT2D eigenvalue weighted by molar-refractivity contribution is -0.144. The van der Waals surface area contributed by atoms with Crippen molar-refractivity contribution in [2.24, 2.45) is 0 Å². The van der Waals surface area contributed by atoms with Gasteiger partial charge in [0.15, 0.2) is 0 Å². The number of nitrogens with one attached hydrogen (secondary N) is 1. The first-order valence-corrected chi connectivity index (χ1v) is 7.96. The van der Waals surface area contributed by atoms with Gasteiger partial charge in [0.25, 0.3) is 5.91 Å². The van der Waals surface area contributed by atoms with E-state index >= 15 is 0 Å². The fourth-order valence-corrected chi connectivity index (χ4v) is 3.28. The summed E-state index contributed by atoms with van der Waals surface area (Å²) in [4.78, 5) is 37.8. The predicted molar refractivity (Wildman–Crippen MR) is 82.6 cm³/mol. The maximum Gasteiger partial charge on any atom is 0.325 e. The lowest BCUT2D eigenvalue weighted by Gasteiger charge is -2.22. The first-order chi connectivity index (χ1) is 11.1. The van der Waals surface area contributed by atoms with Crippen molar-refractivity contribution in [1.82, 2.24) is 10.2 Å². The average Bonchev–Trinajstić information content (AvgIpc) is 3.03. The zero-order valence-corrected chi connectivity index (χ0v) is 13.1. The van der Waals surface area contributed by atoms with E-state index in [2.05, 4.69) is 5.32 Å². The number of hydrogen-bond acceptors (Lipinski definition) is 4. The van der Waals surface area contributed by atoms with E-state index in [4.69, 9.17) is 4.74 Å². The normalized spacial score (nSPS) is 22.4. The number of imide groups is 1. The van der Waals surface area contributed by atoms with Gasteiger partial charge in [-0.1, -0.05) is 31.2 Å². The Bertz CT molecular complexity index is 658. The minimum Gasteiger partial charge on any atom is -0.466 e. The number of esters is 1. The molecule has 6 nitrogen and oxygen atoms in total. The van der Waals surface area contributed by atoms with Crippen molar-refractivity contribution < 1.29 is 19.1 Å². The predicted octanol–water partition coefficient (Wildman–Crippen LogP) is 1.72. The number of aryl methyl sites for hydroxylation is 1. The zero-order valence-electron chi connectivity index (χ0n) is 13.1. The molecule has 0 radical (unpaired) electrons. The van der Waals surface area contributed by atoms with Crippen LogP contribution in [0.25, 0.3) is 0 Å². The van der Waals surface area contributed by atoms with Gasteiger partial charge in [-0.15, -0.1) is 0 Å². The maximum absolute atomic E-state index is 12.8. The highest BCUT2D eigenvalue weighted by molar-refractivity contribution is 6.08. The molecule has 23 heavy (non-hydrogen) atoms. The number of fused-ring (bicyclic) bond motifs is 2. The lowest BCUT2D eigenvalue weighted by Crippen LogP contribution is -2.42. The van der Waals surface area contributed by atoms with E-state index < -0.39 is 11.6 Å². The summed E-state index contributed by atoms with van der Waals surface area (Å²) < 4.78 is 4.99. The minimum atomic E-state index is -0.957. The Kier molecular flexibility index (Phi) is 4.07. The Morgan fingerprint density at radius 2 is 2.13 bits per heavy atom. The third-order valence-corrected chi connectivity index (χ3v) is 4.43. The Labute approximate surface area is 134 Å². The van der Waals surface area contributed by atoms with Crippen molar-refractivity contribution >= 4 is 17.9 Å². The van der Waals surface area contributed by atoms with E-state index in [1.807, 2.05) is 31.2 Å². The van der Waals surface area contributed by atoms with Crippen LogP contribution in [0.2, 0.25) is 0 Å². The molecule has 1 aliphatic carbocycles. The molecule has 3 rings (SSSR count). The van der Waals surface area contributed by atoms with Gasteiger partial charge in [-0.05, 0) is 30.4 Å². The van der Waals surface area contributed by atoms with E-state index in [-0.39, 0.29) is 24.8 Å². The number of ether oxygens (including phenoxy) is 1. The van der Waals surface area contributed by atoms with Crippen molar-refractivity contribution in [3.8, 4) is 0 Å². The van der Waals surface area contributed by atoms with Gasteiger partial charge in [0.05, 0.1) is 13.0 Å². The smallest absolute Gasteiger partial charge is 0.325 e. The molecule has 1 fully saturated rings. The molecule has 1 heterocycles. The summed E-state index contributed by atoms with van der Waals surface area (Å²) in [7, 11) is 0. The maximum atomic E-state index is 12.8. The summed E-state index contributed by atoms with van der Waals surface area (Å²) in [6.45, 7) is 2.32. The molecule has 0 aromatic heterocycles. The number of amides is 3. The van der Waals surface area contributed by atoms with E-state index in [1.54, 1.807) is 0 Å². The third kappa shape index (κ3) is 2.58. The van der Waals surface area contributed by atoms with Crippen molar-refractivity contribution in [2.75, 3.05) is 13.2 Å². The summed E-state index contributed by atoms with van der Waals surface area (Å²) in [6.07, 6.45) is 2.09. The number of nitrogens with zero attached hydrogens (tertiary/aromatic N) is 1. The first kappa shape index (κ1) is 15.5. The SMILES string of the molecule is CCCOC(=O)CCN1C(=O)N[C@@]2(CCc3ccccc32)C1=O. The van der Waals surface area contributed by atoms with Gasteiger partial charge in [-0.25, -0.2) is 4.79 Å². The van der Waals surface area contributed by atoms with Crippen LogP contribution in [0.1, 0.15) is 37.3 Å². The van der Waals surface area contributed by atoms with Gasteiger partial charge in [-0.3, -0.25) is 14.5 Å². The molecule has 1 spiro atoms. The van der Waals surface area contributed by atoms with Crippen LogP contribution < -0.4 is 5.32 Å². The van der Waals surface area contributed by atoms with Crippen molar-refractivity contribution in [1.29, 1.82) is 0 Å². The molecule has 1 N–H and O–H groups in total. The molecule has 122 valence electrons. The minimum absolute atomic E-state index is 0.0247. The number of carbonyl (C=O) groups excluding carboxylic acids is 3. The molecule has 3 amide bonds. The summed E-state index contributed by atoms with van der Waals surface area (Å²) >= 11 is 0. The Hall–Kier alpha value is -2.37. The van der Waals surface area contributed by atoms with Gasteiger partial charge in [0, 0.05) is 6.54 Å². The number of rotatable bonds is 5. The molecule has 0 unspecified atom stereocenters. The van der Waals surface area contributed by atoms with Crippen LogP contribution >= 0.6 is 0 Å². The highest BCUT2D eigenvalue weighted by Gasteiger charge is 2.55. The molecule has 1 saturated heterocycles. The van der Waals surface area contributed by atoms with Crippen LogP contribution in [0, 0.1) is 0 Å². The van der Waals surface area contributed by atoms with E-state index in [0.29, 0.717) is 13.0 Å². The van der Waals surface area contributed by atoms with Gasteiger partial charge in [0.2, 0.25) is 0 Å². The number of carbonyl (C=O) groups is 3. The van der Waals surface area contributed by atoms with Crippen molar-refractivity contribution in [3.63, 3.8) is 0 Å². The second kappa shape index (κ2) is 6.02. The Balaban J connectivity index is 1.73. The molecular weight excluding hydrogens is 296 g/mol. The monoisotopic (exact) mass is 316 g/mol. The number of benzene rings is 1. The topological polar surface area (TPSA) is 75.7 Å².